The number of amides is 1. The number of pyridine rings is 1. The van der Waals surface area contributed by atoms with Crippen LogP contribution in [0.25, 0.3) is 10.9 Å². The molecule has 0 atom stereocenters. The van der Waals surface area contributed by atoms with Gasteiger partial charge in [-0.2, -0.15) is 0 Å². The number of fused-ring (bicyclic) bond motifs is 1. The molecule has 3 rings (SSSR count). The second kappa shape index (κ2) is 4.85. The zero-order valence-corrected chi connectivity index (χ0v) is 10.4. The lowest BCUT2D eigenvalue weighted by Gasteiger charge is -2.26. The van der Waals surface area contributed by atoms with Crippen molar-refractivity contribution in [1.29, 1.82) is 0 Å². The molecule has 1 N–H and O–H groups in total. The zero-order valence-electron chi connectivity index (χ0n) is 10.4. The first-order valence-electron chi connectivity index (χ1n) is 6.20. The molecule has 0 aliphatic carbocycles. The Morgan fingerprint density at radius 1 is 1.32 bits per heavy atom. The summed E-state index contributed by atoms with van der Waals surface area (Å²) in [5.74, 6) is 0.0718. The number of phenolic OH excluding ortho intramolecular Hbond substituents is 1. The highest BCUT2D eigenvalue weighted by Gasteiger charge is 2.19. The summed E-state index contributed by atoms with van der Waals surface area (Å²) in [6.45, 7) is 2.32. The van der Waals surface area contributed by atoms with Gasteiger partial charge >= 0.3 is 0 Å². The standard InChI is InChI=1S/C14H14N2O3/c17-13-3-1-2-12-11(13)8-10(9-15-12)14(18)16-4-6-19-7-5-16/h1-3,8-9,17H,4-7H2. The van der Waals surface area contributed by atoms with Crippen molar-refractivity contribution in [3.8, 4) is 5.75 Å². The molecular weight excluding hydrogens is 244 g/mol. The number of benzene rings is 1. The average Bonchev–Trinajstić information content (AvgIpc) is 2.47. The maximum Gasteiger partial charge on any atom is 0.255 e. The van der Waals surface area contributed by atoms with E-state index in [1.54, 1.807) is 35.4 Å². The molecule has 5 heteroatoms. The van der Waals surface area contributed by atoms with Gasteiger partial charge in [0.15, 0.2) is 0 Å². The van der Waals surface area contributed by atoms with Gasteiger partial charge in [0.1, 0.15) is 5.75 Å². The number of carbonyl (C=O) groups is 1. The quantitative estimate of drug-likeness (QED) is 0.840. The van der Waals surface area contributed by atoms with Crippen molar-refractivity contribution >= 4 is 16.8 Å². The third-order valence-electron chi connectivity index (χ3n) is 3.25. The fraction of sp³-hybridized carbons (Fsp3) is 0.286. The van der Waals surface area contributed by atoms with Crippen molar-refractivity contribution in [2.24, 2.45) is 0 Å². The van der Waals surface area contributed by atoms with E-state index in [1.807, 2.05) is 0 Å². The number of rotatable bonds is 1. The summed E-state index contributed by atoms with van der Waals surface area (Å²) in [5, 5.41) is 10.4. The maximum absolute atomic E-state index is 12.3. The Labute approximate surface area is 110 Å². The predicted octanol–water partition coefficient (Wildman–Crippen LogP) is 1.41. The van der Waals surface area contributed by atoms with Crippen LogP contribution in [-0.2, 0) is 4.74 Å². The van der Waals surface area contributed by atoms with Gasteiger partial charge in [-0.3, -0.25) is 9.78 Å². The summed E-state index contributed by atoms with van der Waals surface area (Å²) < 4.78 is 5.23. The fourth-order valence-electron chi connectivity index (χ4n) is 2.20. The van der Waals surface area contributed by atoms with Crippen molar-refractivity contribution < 1.29 is 14.6 Å². The molecule has 1 aromatic carbocycles. The van der Waals surface area contributed by atoms with Crippen molar-refractivity contribution in [2.45, 2.75) is 0 Å². The van der Waals surface area contributed by atoms with Crippen molar-refractivity contribution in [3.63, 3.8) is 0 Å². The minimum Gasteiger partial charge on any atom is -0.507 e. The highest BCUT2D eigenvalue weighted by molar-refractivity contribution is 5.98. The first kappa shape index (κ1) is 11.9. The third-order valence-corrected chi connectivity index (χ3v) is 3.25. The molecule has 1 aromatic heterocycles. The van der Waals surface area contributed by atoms with E-state index in [-0.39, 0.29) is 11.7 Å². The molecule has 98 valence electrons. The van der Waals surface area contributed by atoms with Crippen molar-refractivity contribution in [2.75, 3.05) is 26.3 Å². The smallest absolute Gasteiger partial charge is 0.255 e. The lowest BCUT2D eigenvalue weighted by molar-refractivity contribution is 0.0303. The van der Waals surface area contributed by atoms with E-state index in [0.29, 0.717) is 42.8 Å². The van der Waals surface area contributed by atoms with Gasteiger partial charge in [0, 0.05) is 24.7 Å². The van der Waals surface area contributed by atoms with Gasteiger partial charge in [-0.05, 0) is 18.2 Å². The van der Waals surface area contributed by atoms with E-state index >= 15 is 0 Å². The van der Waals surface area contributed by atoms with E-state index in [4.69, 9.17) is 4.74 Å². The van der Waals surface area contributed by atoms with Crippen LogP contribution in [0.3, 0.4) is 0 Å². The Morgan fingerprint density at radius 3 is 2.89 bits per heavy atom. The Kier molecular flexibility index (Phi) is 3.05. The second-order valence-corrected chi connectivity index (χ2v) is 4.47. The van der Waals surface area contributed by atoms with Gasteiger partial charge in [-0.25, -0.2) is 0 Å². The molecular formula is C14H14N2O3. The normalized spacial score (nSPS) is 15.7. The summed E-state index contributed by atoms with van der Waals surface area (Å²) in [4.78, 5) is 18.3. The number of morpholine rings is 1. The Balaban J connectivity index is 1.96. The van der Waals surface area contributed by atoms with Crippen molar-refractivity contribution in [3.05, 3.63) is 36.0 Å². The number of ether oxygens (including phenoxy) is 1. The van der Waals surface area contributed by atoms with E-state index < -0.39 is 0 Å². The molecule has 2 aromatic rings. The van der Waals surface area contributed by atoms with E-state index in [1.165, 1.54) is 0 Å². The summed E-state index contributed by atoms with van der Waals surface area (Å²) in [6, 6.07) is 6.81. The van der Waals surface area contributed by atoms with Crippen LogP contribution in [-0.4, -0.2) is 47.2 Å². The lowest BCUT2D eigenvalue weighted by Crippen LogP contribution is -2.40. The molecule has 0 radical (unpaired) electrons. The first-order valence-corrected chi connectivity index (χ1v) is 6.20. The molecule has 1 amide bonds. The number of aromatic nitrogens is 1. The van der Waals surface area contributed by atoms with Crippen LogP contribution in [0.5, 0.6) is 5.75 Å². The Hall–Kier alpha value is -2.14. The van der Waals surface area contributed by atoms with Gasteiger partial charge < -0.3 is 14.7 Å². The number of carbonyl (C=O) groups excluding carboxylic acids is 1. The number of phenols is 1. The molecule has 1 saturated heterocycles. The van der Waals surface area contributed by atoms with Crippen LogP contribution in [0.15, 0.2) is 30.5 Å². The molecule has 0 unspecified atom stereocenters. The highest BCUT2D eigenvalue weighted by Crippen LogP contribution is 2.24. The molecule has 2 heterocycles. The molecule has 0 saturated carbocycles. The SMILES string of the molecule is O=C(c1cnc2cccc(O)c2c1)N1CCOCC1. The summed E-state index contributed by atoms with van der Waals surface area (Å²) >= 11 is 0. The first-order chi connectivity index (χ1) is 9.25. The molecule has 0 bridgehead atoms. The molecule has 1 aliphatic heterocycles. The van der Waals surface area contributed by atoms with E-state index in [2.05, 4.69) is 4.98 Å². The van der Waals surface area contributed by atoms with Gasteiger partial charge in [0.2, 0.25) is 0 Å². The molecule has 1 fully saturated rings. The number of aromatic hydroxyl groups is 1. The Bertz CT molecular complexity index is 621. The summed E-state index contributed by atoms with van der Waals surface area (Å²) in [5.41, 5.74) is 1.18. The van der Waals surface area contributed by atoms with Crippen LogP contribution < -0.4 is 0 Å². The number of nitrogens with zero attached hydrogens (tertiary/aromatic N) is 2. The Morgan fingerprint density at radius 2 is 2.11 bits per heavy atom. The number of hydrogen-bond donors (Lipinski definition) is 1. The minimum atomic E-state index is -0.0686. The monoisotopic (exact) mass is 258 g/mol. The largest absolute Gasteiger partial charge is 0.507 e. The zero-order chi connectivity index (χ0) is 13.2. The van der Waals surface area contributed by atoms with Crippen molar-refractivity contribution in [1.82, 2.24) is 9.88 Å². The average molecular weight is 258 g/mol. The highest BCUT2D eigenvalue weighted by atomic mass is 16.5. The summed E-state index contributed by atoms with van der Waals surface area (Å²) in [6.07, 6.45) is 1.56. The van der Waals surface area contributed by atoms with Gasteiger partial charge in [0.05, 0.1) is 24.3 Å². The van der Waals surface area contributed by atoms with Gasteiger partial charge in [0.25, 0.3) is 5.91 Å². The second-order valence-electron chi connectivity index (χ2n) is 4.47. The molecule has 19 heavy (non-hydrogen) atoms. The van der Waals surface area contributed by atoms with Crippen LogP contribution in [0.1, 0.15) is 10.4 Å². The number of hydrogen-bond acceptors (Lipinski definition) is 4. The van der Waals surface area contributed by atoms with E-state index in [9.17, 15) is 9.90 Å². The maximum atomic E-state index is 12.3. The topological polar surface area (TPSA) is 62.7 Å². The molecule has 1 aliphatic rings. The van der Waals surface area contributed by atoms with Gasteiger partial charge in [-0.1, -0.05) is 6.07 Å². The molecule has 0 spiro atoms. The predicted molar refractivity (Wildman–Crippen MR) is 70.1 cm³/mol. The van der Waals surface area contributed by atoms with Gasteiger partial charge in [-0.15, -0.1) is 0 Å². The van der Waals surface area contributed by atoms with E-state index in [0.717, 1.165) is 0 Å². The fourth-order valence-corrected chi connectivity index (χ4v) is 2.20. The lowest BCUT2D eigenvalue weighted by atomic mass is 10.1. The minimum absolute atomic E-state index is 0.0686. The van der Waals surface area contributed by atoms with Crippen LogP contribution in [0.2, 0.25) is 0 Å². The third kappa shape index (κ3) is 2.24. The van der Waals surface area contributed by atoms with Crippen LogP contribution >= 0.6 is 0 Å². The van der Waals surface area contributed by atoms with Crippen LogP contribution in [0, 0.1) is 0 Å². The van der Waals surface area contributed by atoms with Crippen LogP contribution in [0.4, 0.5) is 0 Å². The summed E-state index contributed by atoms with van der Waals surface area (Å²) in [7, 11) is 0. The molecule has 5 nitrogen and oxygen atoms in total.